The van der Waals surface area contributed by atoms with Crippen molar-refractivity contribution in [2.45, 2.75) is 13.5 Å². The highest BCUT2D eigenvalue weighted by molar-refractivity contribution is 5.92. The lowest BCUT2D eigenvalue weighted by atomic mass is 9.99. The largest absolute Gasteiger partial charge is 0.469 e. The molecule has 2 atom stereocenters. The molecular weight excluding hydrogens is 256 g/mol. The number of hydrogen-bond donors (Lipinski definition) is 1. The Labute approximate surface area is 118 Å². The predicted molar refractivity (Wildman–Crippen MR) is 74.9 cm³/mol. The van der Waals surface area contributed by atoms with Crippen LogP contribution in [0.2, 0.25) is 0 Å². The molecular formula is C15H20N2O3. The van der Waals surface area contributed by atoms with Gasteiger partial charge in [0.2, 0.25) is 5.91 Å². The lowest BCUT2D eigenvalue weighted by Gasteiger charge is -2.15. The van der Waals surface area contributed by atoms with Crippen LogP contribution in [0, 0.1) is 11.8 Å². The van der Waals surface area contributed by atoms with Crippen LogP contribution in [0.15, 0.2) is 24.3 Å². The van der Waals surface area contributed by atoms with Gasteiger partial charge in [-0.15, -0.1) is 0 Å². The molecule has 2 rings (SSSR count). The van der Waals surface area contributed by atoms with Gasteiger partial charge in [0.25, 0.3) is 0 Å². The van der Waals surface area contributed by atoms with E-state index in [1.165, 1.54) is 7.11 Å². The van der Waals surface area contributed by atoms with E-state index in [9.17, 15) is 9.59 Å². The third-order valence-corrected chi connectivity index (χ3v) is 3.84. The normalized spacial score (nSPS) is 22.7. The Hall–Kier alpha value is -1.88. The third kappa shape index (κ3) is 3.17. The van der Waals surface area contributed by atoms with Crippen LogP contribution in [0.3, 0.4) is 0 Å². The van der Waals surface area contributed by atoms with Crippen LogP contribution in [0.1, 0.15) is 22.8 Å². The first-order valence-electron chi connectivity index (χ1n) is 6.70. The zero-order valence-electron chi connectivity index (χ0n) is 11.8. The summed E-state index contributed by atoms with van der Waals surface area (Å²) in [5.74, 6) is -0.307. The van der Waals surface area contributed by atoms with Gasteiger partial charge in [0, 0.05) is 25.2 Å². The molecule has 0 aliphatic carbocycles. The van der Waals surface area contributed by atoms with Crippen LogP contribution < -0.4 is 5.73 Å². The first kappa shape index (κ1) is 14.5. The molecule has 2 unspecified atom stereocenters. The van der Waals surface area contributed by atoms with E-state index in [-0.39, 0.29) is 11.9 Å². The molecule has 0 bridgehead atoms. The molecule has 1 aliphatic heterocycles. The molecule has 0 aromatic heterocycles. The van der Waals surface area contributed by atoms with Gasteiger partial charge in [0.15, 0.2) is 0 Å². The van der Waals surface area contributed by atoms with Crippen molar-refractivity contribution in [2.75, 3.05) is 20.2 Å². The average Bonchev–Trinajstić information content (AvgIpc) is 2.79. The molecule has 108 valence electrons. The Kier molecular flexibility index (Phi) is 4.39. The zero-order valence-corrected chi connectivity index (χ0v) is 11.8. The lowest BCUT2D eigenvalue weighted by Crippen LogP contribution is -2.24. The molecule has 0 spiro atoms. The van der Waals surface area contributed by atoms with Gasteiger partial charge in [0.1, 0.15) is 0 Å². The van der Waals surface area contributed by atoms with E-state index in [2.05, 4.69) is 11.8 Å². The summed E-state index contributed by atoms with van der Waals surface area (Å²) in [6.45, 7) is 4.41. The number of carbonyl (C=O) groups excluding carboxylic acids is 2. The molecule has 1 aromatic rings. The van der Waals surface area contributed by atoms with Gasteiger partial charge >= 0.3 is 5.97 Å². The highest BCUT2D eigenvalue weighted by Crippen LogP contribution is 2.25. The first-order valence-corrected chi connectivity index (χ1v) is 6.70. The standard InChI is InChI=1S/C15H20N2O3/c1-10-7-17(9-13(10)15(19)20-2)8-11-3-5-12(6-4-11)14(16)18/h3-6,10,13H,7-9H2,1-2H3,(H2,16,18). The number of carbonyl (C=O) groups is 2. The minimum absolute atomic E-state index is 0.0510. The fourth-order valence-electron chi connectivity index (χ4n) is 2.69. The Balaban J connectivity index is 1.97. The number of ether oxygens (including phenoxy) is 1. The van der Waals surface area contributed by atoms with Crippen molar-refractivity contribution >= 4 is 11.9 Å². The fraction of sp³-hybridized carbons (Fsp3) is 0.467. The molecule has 2 N–H and O–H groups in total. The van der Waals surface area contributed by atoms with Gasteiger partial charge < -0.3 is 10.5 Å². The Bertz CT molecular complexity index is 498. The van der Waals surface area contributed by atoms with Gasteiger partial charge in [-0.2, -0.15) is 0 Å². The van der Waals surface area contributed by atoms with Crippen LogP contribution in [0.4, 0.5) is 0 Å². The molecule has 1 heterocycles. The molecule has 1 aromatic carbocycles. The van der Waals surface area contributed by atoms with Crippen LogP contribution in [0.5, 0.6) is 0 Å². The molecule has 1 saturated heterocycles. The number of amides is 1. The maximum Gasteiger partial charge on any atom is 0.310 e. The number of nitrogens with two attached hydrogens (primary N) is 1. The second kappa shape index (κ2) is 6.05. The summed E-state index contributed by atoms with van der Waals surface area (Å²) in [7, 11) is 1.43. The number of esters is 1. The lowest BCUT2D eigenvalue weighted by molar-refractivity contribution is -0.146. The Morgan fingerprint density at radius 3 is 2.50 bits per heavy atom. The number of hydrogen-bond acceptors (Lipinski definition) is 4. The molecule has 1 amide bonds. The topological polar surface area (TPSA) is 72.6 Å². The molecule has 1 aliphatic rings. The van der Waals surface area contributed by atoms with E-state index in [1.54, 1.807) is 12.1 Å². The SMILES string of the molecule is COC(=O)C1CN(Cc2ccc(C(N)=O)cc2)CC1C. The van der Waals surface area contributed by atoms with Crippen molar-refractivity contribution in [3.05, 3.63) is 35.4 Å². The van der Waals surface area contributed by atoms with Crippen LogP contribution >= 0.6 is 0 Å². The molecule has 5 nitrogen and oxygen atoms in total. The van der Waals surface area contributed by atoms with E-state index in [0.717, 1.165) is 18.7 Å². The number of nitrogens with zero attached hydrogens (tertiary/aromatic N) is 1. The van der Waals surface area contributed by atoms with E-state index in [1.807, 2.05) is 12.1 Å². The molecule has 20 heavy (non-hydrogen) atoms. The minimum Gasteiger partial charge on any atom is -0.469 e. The summed E-state index contributed by atoms with van der Waals surface area (Å²) in [6.07, 6.45) is 0. The van der Waals surface area contributed by atoms with Crippen LogP contribution in [-0.4, -0.2) is 37.0 Å². The van der Waals surface area contributed by atoms with Gasteiger partial charge in [0.05, 0.1) is 13.0 Å². The number of benzene rings is 1. The number of primary amides is 1. The van der Waals surface area contributed by atoms with Gasteiger partial charge in [-0.3, -0.25) is 14.5 Å². The molecule has 1 fully saturated rings. The van der Waals surface area contributed by atoms with Gasteiger partial charge in [-0.25, -0.2) is 0 Å². The van der Waals surface area contributed by atoms with Crippen molar-refractivity contribution < 1.29 is 14.3 Å². The smallest absolute Gasteiger partial charge is 0.310 e. The van der Waals surface area contributed by atoms with Crippen molar-refractivity contribution in [1.29, 1.82) is 0 Å². The van der Waals surface area contributed by atoms with Crippen molar-refractivity contribution in [3.8, 4) is 0 Å². The summed E-state index contributed by atoms with van der Waals surface area (Å²) in [5.41, 5.74) is 6.83. The summed E-state index contributed by atoms with van der Waals surface area (Å²) in [6, 6.07) is 7.26. The highest BCUT2D eigenvalue weighted by Gasteiger charge is 2.35. The summed E-state index contributed by atoms with van der Waals surface area (Å²) in [5, 5.41) is 0. The fourth-order valence-corrected chi connectivity index (χ4v) is 2.69. The van der Waals surface area contributed by atoms with Crippen molar-refractivity contribution in [1.82, 2.24) is 4.90 Å². The summed E-state index contributed by atoms with van der Waals surface area (Å²) in [4.78, 5) is 24.9. The van der Waals surface area contributed by atoms with Crippen molar-refractivity contribution in [2.24, 2.45) is 17.6 Å². The minimum atomic E-state index is -0.419. The number of likely N-dealkylation sites (tertiary alicyclic amines) is 1. The molecule has 0 saturated carbocycles. The molecule has 0 radical (unpaired) electrons. The first-order chi connectivity index (χ1) is 9.51. The van der Waals surface area contributed by atoms with Gasteiger partial charge in [-0.05, 0) is 23.6 Å². The monoisotopic (exact) mass is 276 g/mol. The Morgan fingerprint density at radius 1 is 1.30 bits per heavy atom. The van der Waals surface area contributed by atoms with Gasteiger partial charge in [-0.1, -0.05) is 19.1 Å². The summed E-state index contributed by atoms with van der Waals surface area (Å²) >= 11 is 0. The Morgan fingerprint density at radius 2 is 1.95 bits per heavy atom. The van der Waals surface area contributed by atoms with E-state index in [4.69, 9.17) is 10.5 Å². The zero-order chi connectivity index (χ0) is 14.7. The summed E-state index contributed by atoms with van der Waals surface area (Å²) < 4.78 is 4.83. The average molecular weight is 276 g/mol. The maximum atomic E-state index is 11.6. The quantitative estimate of drug-likeness (QED) is 0.834. The van der Waals surface area contributed by atoms with Crippen LogP contribution in [0.25, 0.3) is 0 Å². The number of rotatable bonds is 4. The third-order valence-electron chi connectivity index (χ3n) is 3.84. The second-order valence-electron chi connectivity index (χ2n) is 5.36. The van der Waals surface area contributed by atoms with E-state index >= 15 is 0 Å². The van der Waals surface area contributed by atoms with Crippen molar-refractivity contribution in [3.63, 3.8) is 0 Å². The predicted octanol–water partition coefficient (Wildman–Crippen LogP) is 1.03. The van der Waals surface area contributed by atoms with E-state index < -0.39 is 5.91 Å². The van der Waals surface area contributed by atoms with Crippen LogP contribution in [-0.2, 0) is 16.1 Å². The molecule has 5 heteroatoms. The van der Waals surface area contributed by atoms with E-state index in [0.29, 0.717) is 18.0 Å². The highest BCUT2D eigenvalue weighted by atomic mass is 16.5. The maximum absolute atomic E-state index is 11.6. The number of methoxy groups -OCH3 is 1. The second-order valence-corrected chi connectivity index (χ2v) is 5.36.